The highest BCUT2D eigenvalue weighted by atomic mass is 35.5. The quantitative estimate of drug-likeness (QED) is 0.504. The predicted octanol–water partition coefficient (Wildman–Crippen LogP) is 5.34. The maximum absolute atomic E-state index is 6.18. The fourth-order valence-electron chi connectivity index (χ4n) is 2.79. The smallest absolute Gasteiger partial charge is 0.163 e. The minimum atomic E-state index is 0.721. The van der Waals surface area contributed by atoms with Crippen molar-refractivity contribution in [3.05, 3.63) is 64.8 Å². The molecule has 23 heavy (non-hydrogen) atoms. The highest BCUT2D eigenvalue weighted by Gasteiger charge is 2.17. The third kappa shape index (κ3) is 2.44. The fraction of sp³-hybridized carbons (Fsp3) is 0.111. The van der Waals surface area contributed by atoms with Crippen LogP contribution in [0.5, 0.6) is 0 Å². The first-order valence-corrected chi connectivity index (χ1v) is 8.70. The summed E-state index contributed by atoms with van der Waals surface area (Å²) in [5.41, 5.74) is 5.08. The summed E-state index contributed by atoms with van der Waals surface area (Å²) in [5.74, 6) is 0. The lowest BCUT2D eigenvalue weighted by Crippen LogP contribution is -1.94. The van der Waals surface area contributed by atoms with Gasteiger partial charge in [-0.3, -0.25) is 0 Å². The molecular weight excluding hydrogens is 326 g/mol. The van der Waals surface area contributed by atoms with Crippen LogP contribution in [0.2, 0.25) is 5.02 Å². The Morgan fingerprint density at radius 3 is 2.83 bits per heavy atom. The van der Waals surface area contributed by atoms with E-state index in [2.05, 4.69) is 29.4 Å². The average molecular weight is 340 g/mol. The summed E-state index contributed by atoms with van der Waals surface area (Å²) < 4.78 is 1.95. The first kappa shape index (κ1) is 14.4. The maximum Gasteiger partial charge on any atom is 0.163 e. The van der Waals surface area contributed by atoms with E-state index in [0.717, 1.165) is 39.6 Å². The molecule has 0 spiro atoms. The number of halogens is 1. The van der Waals surface area contributed by atoms with Crippen LogP contribution in [-0.2, 0) is 6.42 Å². The first-order chi connectivity index (χ1) is 11.3. The Kier molecular flexibility index (Phi) is 3.63. The van der Waals surface area contributed by atoms with Gasteiger partial charge in [0.15, 0.2) is 5.65 Å². The monoisotopic (exact) mass is 339 g/mol. The van der Waals surface area contributed by atoms with Gasteiger partial charge in [-0.2, -0.15) is 5.10 Å². The second-order valence-electron chi connectivity index (χ2n) is 5.23. The Balaban J connectivity index is 2.03. The van der Waals surface area contributed by atoms with E-state index in [-0.39, 0.29) is 0 Å². The second-order valence-corrected chi connectivity index (χ2v) is 6.61. The molecule has 114 valence electrons. The summed E-state index contributed by atoms with van der Waals surface area (Å²) in [4.78, 5) is 5.77. The molecule has 0 saturated carbocycles. The van der Waals surface area contributed by atoms with Gasteiger partial charge in [-0.1, -0.05) is 36.7 Å². The zero-order chi connectivity index (χ0) is 15.8. The van der Waals surface area contributed by atoms with Crippen LogP contribution in [-0.4, -0.2) is 14.6 Å². The topological polar surface area (TPSA) is 30.2 Å². The third-order valence-electron chi connectivity index (χ3n) is 3.81. The van der Waals surface area contributed by atoms with Gasteiger partial charge < -0.3 is 0 Å². The van der Waals surface area contributed by atoms with Crippen molar-refractivity contribution in [1.29, 1.82) is 0 Å². The van der Waals surface area contributed by atoms with Gasteiger partial charge >= 0.3 is 0 Å². The average Bonchev–Trinajstić information content (AvgIpc) is 3.21. The number of hydrogen-bond donors (Lipinski definition) is 0. The SMILES string of the molecule is CCc1nn2c(-c3cccs3)ccnc2c1-c1cccc(Cl)c1. The van der Waals surface area contributed by atoms with Crippen molar-refractivity contribution in [2.24, 2.45) is 0 Å². The third-order valence-corrected chi connectivity index (χ3v) is 4.94. The number of rotatable bonds is 3. The highest BCUT2D eigenvalue weighted by molar-refractivity contribution is 7.13. The number of aryl methyl sites for hydroxylation is 1. The Morgan fingerprint density at radius 1 is 1.17 bits per heavy atom. The predicted molar refractivity (Wildman–Crippen MR) is 96.1 cm³/mol. The van der Waals surface area contributed by atoms with Crippen LogP contribution < -0.4 is 0 Å². The molecule has 0 unspecified atom stereocenters. The molecule has 0 saturated heterocycles. The normalized spacial score (nSPS) is 11.2. The van der Waals surface area contributed by atoms with E-state index in [1.165, 1.54) is 4.88 Å². The Hall–Kier alpha value is -2.17. The molecule has 4 rings (SSSR count). The summed E-state index contributed by atoms with van der Waals surface area (Å²) in [7, 11) is 0. The van der Waals surface area contributed by atoms with Gasteiger partial charge in [0.1, 0.15) is 0 Å². The lowest BCUT2D eigenvalue weighted by molar-refractivity contribution is 0.895. The molecular formula is C18H14ClN3S. The number of aromatic nitrogens is 3. The molecule has 3 heterocycles. The zero-order valence-corrected chi connectivity index (χ0v) is 14.1. The van der Waals surface area contributed by atoms with Crippen molar-refractivity contribution in [3.63, 3.8) is 0 Å². The van der Waals surface area contributed by atoms with Gasteiger partial charge in [0.05, 0.1) is 16.3 Å². The standard InChI is InChI=1S/C18H14ClN3S/c1-2-14-17(12-5-3-6-13(19)11-12)18-20-9-8-15(22(18)21-14)16-7-4-10-23-16/h3-11H,2H2,1H3. The molecule has 5 heteroatoms. The van der Waals surface area contributed by atoms with Gasteiger partial charge in [-0.25, -0.2) is 9.50 Å². The van der Waals surface area contributed by atoms with E-state index in [0.29, 0.717) is 0 Å². The van der Waals surface area contributed by atoms with Gasteiger partial charge in [-0.05, 0) is 41.6 Å². The van der Waals surface area contributed by atoms with Crippen molar-refractivity contribution in [1.82, 2.24) is 14.6 Å². The van der Waals surface area contributed by atoms with Crippen LogP contribution >= 0.6 is 22.9 Å². The van der Waals surface area contributed by atoms with Crippen LogP contribution in [0.15, 0.2) is 54.0 Å². The van der Waals surface area contributed by atoms with Crippen molar-refractivity contribution >= 4 is 28.6 Å². The molecule has 0 radical (unpaired) electrons. The van der Waals surface area contributed by atoms with E-state index >= 15 is 0 Å². The summed E-state index contributed by atoms with van der Waals surface area (Å²) in [6, 6.07) is 14.0. The van der Waals surface area contributed by atoms with Crippen LogP contribution in [0.25, 0.3) is 27.3 Å². The second kappa shape index (κ2) is 5.80. The van der Waals surface area contributed by atoms with Gasteiger partial charge in [0, 0.05) is 16.8 Å². The summed E-state index contributed by atoms with van der Waals surface area (Å²) in [5, 5.41) is 7.60. The molecule has 0 aliphatic carbocycles. The molecule has 0 N–H and O–H groups in total. The van der Waals surface area contributed by atoms with Crippen molar-refractivity contribution in [2.45, 2.75) is 13.3 Å². The molecule has 3 aromatic heterocycles. The number of hydrogen-bond acceptors (Lipinski definition) is 3. The Labute approximate surface area is 143 Å². The van der Waals surface area contributed by atoms with Gasteiger partial charge in [0.25, 0.3) is 0 Å². The van der Waals surface area contributed by atoms with Crippen LogP contribution in [0.3, 0.4) is 0 Å². The highest BCUT2D eigenvalue weighted by Crippen LogP contribution is 2.32. The number of nitrogens with zero attached hydrogens (tertiary/aromatic N) is 3. The molecule has 0 bridgehead atoms. The molecule has 0 fully saturated rings. The van der Waals surface area contributed by atoms with E-state index in [1.54, 1.807) is 11.3 Å². The minimum absolute atomic E-state index is 0.721. The van der Waals surface area contributed by atoms with E-state index in [1.807, 2.05) is 41.0 Å². The molecule has 0 aliphatic heterocycles. The molecule has 3 nitrogen and oxygen atoms in total. The Bertz CT molecular complexity index is 973. The largest absolute Gasteiger partial charge is 0.236 e. The molecule has 0 atom stereocenters. The zero-order valence-electron chi connectivity index (χ0n) is 12.5. The fourth-order valence-corrected chi connectivity index (χ4v) is 3.71. The lowest BCUT2D eigenvalue weighted by atomic mass is 10.0. The van der Waals surface area contributed by atoms with Crippen LogP contribution in [0, 0.1) is 0 Å². The van der Waals surface area contributed by atoms with Gasteiger partial charge in [-0.15, -0.1) is 11.3 Å². The number of fused-ring (bicyclic) bond motifs is 1. The summed E-state index contributed by atoms with van der Waals surface area (Å²) in [6.45, 7) is 2.11. The Morgan fingerprint density at radius 2 is 2.09 bits per heavy atom. The van der Waals surface area contributed by atoms with Crippen LogP contribution in [0.1, 0.15) is 12.6 Å². The van der Waals surface area contributed by atoms with Crippen molar-refractivity contribution in [3.8, 4) is 21.7 Å². The molecule has 0 aliphatic rings. The summed E-state index contributed by atoms with van der Waals surface area (Å²) in [6.07, 6.45) is 2.69. The van der Waals surface area contributed by atoms with Crippen molar-refractivity contribution < 1.29 is 0 Å². The lowest BCUT2D eigenvalue weighted by Gasteiger charge is -2.03. The number of thiophene rings is 1. The number of benzene rings is 1. The van der Waals surface area contributed by atoms with Crippen molar-refractivity contribution in [2.75, 3.05) is 0 Å². The summed E-state index contributed by atoms with van der Waals surface area (Å²) >= 11 is 7.88. The van der Waals surface area contributed by atoms with Crippen LogP contribution in [0.4, 0.5) is 0 Å². The molecule has 4 aromatic rings. The molecule has 1 aromatic carbocycles. The minimum Gasteiger partial charge on any atom is -0.236 e. The van der Waals surface area contributed by atoms with E-state index in [4.69, 9.17) is 16.7 Å². The van der Waals surface area contributed by atoms with Gasteiger partial charge in [0.2, 0.25) is 0 Å². The molecule has 0 amide bonds. The van der Waals surface area contributed by atoms with E-state index in [9.17, 15) is 0 Å². The van der Waals surface area contributed by atoms with E-state index < -0.39 is 0 Å². The first-order valence-electron chi connectivity index (χ1n) is 7.44. The maximum atomic E-state index is 6.18.